The zero-order chi connectivity index (χ0) is 13.8. The molecule has 1 heterocycles. The number of aliphatic carboxylic acids is 1. The van der Waals surface area contributed by atoms with Crippen molar-refractivity contribution < 1.29 is 18.7 Å². The molecule has 0 aliphatic heterocycles. The van der Waals surface area contributed by atoms with Crippen LogP contribution in [0.1, 0.15) is 26.2 Å². The van der Waals surface area contributed by atoms with Crippen molar-refractivity contribution in [2.75, 3.05) is 5.32 Å². The van der Waals surface area contributed by atoms with Gasteiger partial charge in [0.25, 0.3) is 6.01 Å². The first-order chi connectivity index (χ1) is 9.11. The molecule has 0 spiro atoms. The summed E-state index contributed by atoms with van der Waals surface area (Å²) in [6.45, 7) is 1.98. The number of para-hydroxylation sites is 1. The topological polar surface area (TPSA) is 75.4 Å². The third kappa shape index (κ3) is 3.01. The number of rotatable bonds is 6. The van der Waals surface area contributed by atoms with Gasteiger partial charge in [-0.2, -0.15) is 4.98 Å². The Balaban J connectivity index is 2.19. The number of hydrogen-bond donors (Lipinski definition) is 2. The van der Waals surface area contributed by atoms with Gasteiger partial charge in [0.15, 0.2) is 11.4 Å². The van der Waals surface area contributed by atoms with Crippen LogP contribution in [0.2, 0.25) is 0 Å². The number of aromatic nitrogens is 1. The number of carboxylic acids is 1. The molecule has 1 aromatic heterocycles. The van der Waals surface area contributed by atoms with Crippen molar-refractivity contribution in [2.45, 2.75) is 32.2 Å². The standard InChI is InChI=1S/C13H15FN2O3/c1-2-3-6-9(12(17)18)15-13-16-11-8(14)5-4-7-10(11)19-13/h4-5,7,9H,2-3,6H2,1H3,(H,15,16)(H,17,18). The van der Waals surface area contributed by atoms with Crippen molar-refractivity contribution in [2.24, 2.45) is 0 Å². The molecule has 19 heavy (non-hydrogen) atoms. The molecular weight excluding hydrogens is 251 g/mol. The fourth-order valence-corrected chi connectivity index (χ4v) is 1.79. The monoisotopic (exact) mass is 266 g/mol. The number of benzene rings is 1. The number of nitrogens with zero attached hydrogens (tertiary/aromatic N) is 1. The molecule has 1 atom stereocenters. The van der Waals surface area contributed by atoms with E-state index in [0.717, 1.165) is 12.8 Å². The van der Waals surface area contributed by atoms with Gasteiger partial charge in [0.05, 0.1) is 0 Å². The molecule has 0 amide bonds. The highest BCUT2D eigenvalue weighted by molar-refractivity contribution is 5.78. The SMILES string of the molecule is CCCCC(Nc1nc2c(F)cccc2o1)C(=O)O. The lowest BCUT2D eigenvalue weighted by Crippen LogP contribution is -2.29. The minimum absolute atomic E-state index is 0.0311. The van der Waals surface area contributed by atoms with Gasteiger partial charge in [-0.05, 0) is 18.6 Å². The van der Waals surface area contributed by atoms with Gasteiger partial charge in [-0.1, -0.05) is 25.8 Å². The third-order valence-electron chi connectivity index (χ3n) is 2.81. The Bertz CT molecular complexity index is 582. The fraction of sp³-hybridized carbons (Fsp3) is 0.385. The summed E-state index contributed by atoms with van der Waals surface area (Å²) in [5.74, 6) is -1.47. The number of fused-ring (bicyclic) bond motifs is 1. The minimum Gasteiger partial charge on any atom is -0.480 e. The molecule has 0 aliphatic carbocycles. The number of halogens is 1. The number of unbranched alkanes of at least 4 members (excludes halogenated alkanes) is 1. The molecule has 6 heteroatoms. The van der Waals surface area contributed by atoms with Crippen LogP contribution in [-0.4, -0.2) is 22.1 Å². The van der Waals surface area contributed by atoms with Crippen LogP contribution in [-0.2, 0) is 4.79 Å². The number of carbonyl (C=O) groups is 1. The molecule has 102 valence electrons. The van der Waals surface area contributed by atoms with E-state index in [1.807, 2.05) is 6.92 Å². The third-order valence-corrected chi connectivity index (χ3v) is 2.81. The van der Waals surface area contributed by atoms with Crippen LogP contribution in [0.4, 0.5) is 10.4 Å². The summed E-state index contributed by atoms with van der Waals surface area (Å²) in [6.07, 6.45) is 2.14. The first kappa shape index (κ1) is 13.3. The zero-order valence-electron chi connectivity index (χ0n) is 10.5. The van der Waals surface area contributed by atoms with Crippen molar-refractivity contribution in [3.05, 3.63) is 24.0 Å². The Morgan fingerprint density at radius 2 is 2.37 bits per heavy atom. The van der Waals surface area contributed by atoms with Crippen molar-refractivity contribution in [1.29, 1.82) is 0 Å². The van der Waals surface area contributed by atoms with Gasteiger partial charge >= 0.3 is 5.97 Å². The number of nitrogens with one attached hydrogen (secondary N) is 1. The maximum absolute atomic E-state index is 13.4. The first-order valence-electron chi connectivity index (χ1n) is 6.16. The lowest BCUT2D eigenvalue weighted by molar-refractivity contribution is -0.138. The molecule has 1 unspecified atom stereocenters. The first-order valence-corrected chi connectivity index (χ1v) is 6.16. The number of carboxylic acid groups (broad SMARTS) is 1. The van der Waals surface area contributed by atoms with Gasteiger partial charge in [-0.3, -0.25) is 0 Å². The Hall–Kier alpha value is -2.11. The average molecular weight is 266 g/mol. The second kappa shape index (κ2) is 5.69. The fourth-order valence-electron chi connectivity index (χ4n) is 1.79. The summed E-state index contributed by atoms with van der Waals surface area (Å²) >= 11 is 0. The lowest BCUT2D eigenvalue weighted by atomic mass is 10.1. The lowest BCUT2D eigenvalue weighted by Gasteiger charge is -2.11. The van der Waals surface area contributed by atoms with E-state index in [4.69, 9.17) is 9.52 Å². The van der Waals surface area contributed by atoms with Crippen molar-refractivity contribution in [1.82, 2.24) is 4.98 Å². The van der Waals surface area contributed by atoms with Gasteiger partial charge in [-0.25, -0.2) is 9.18 Å². The van der Waals surface area contributed by atoms with E-state index >= 15 is 0 Å². The van der Waals surface area contributed by atoms with E-state index in [1.54, 1.807) is 6.07 Å². The highest BCUT2D eigenvalue weighted by Crippen LogP contribution is 2.22. The van der Waals surface area contributed by atoms with Gasteiger partial charge < -0.3 is 14.8 Å². The van der Waals surface area contributed by atoms with Crippen LogP contribution in [0, 0.1) is 5.82 Å². The molecule has 2 rings (SSSR count). The summed E-state index contributed by atoms with van der Waals surface area (Å²) in [4.78, 5) is 15.0. The van der Waals surface area contributed by atoms with E-state index in [-0.39, 0.29) is 11.5 Å². The van der Waals surface area contributed by atoms with E-state index in [1.165, 1.54) is 12.1 Å². The minimum atomic E-state index is -0.976. The Morgan fingerprint density at radius 1 is 1.58 bits per heavy atom. The Kier molecular flexibility index (Phi) is 3.99. The number of hydrogen-bond acceptors (Lipinski definition) is 4. The van der Waals surface area contributed by atoms with E-state index in [2.05, 4.69) is 10.3 Å². The highest BCUT2D eigenvalue weighted by Gasteiger charge is 2.19. The molecular formula is C13H15FN2O3. The quantitative estimate of drug-likeness (QED) is 0.840. The van der Waals surface area contributed by atoms with Gasteiger partial charge in [0.2, 0.25) is 0 Å². The van der Waals surface area contributed by atoms with Crippen LogP contribution in [0.3, 0.4) is 0 Å². The van der Waals surface area contributed by atoms with Crippen molar-refractivity contribution >= 4 is 23.1 Å². The zero-order valence-corrected chi connectivity index (χ0v) is 10.5. The Morgan fingerprint density at radius 3 is 3.00 bits per heavy atom. The highest BCUT2D eigenvalue weighted by atomic mass is 19.1. The molecule has 0 fully saturated rings. The van der Waals surface area contributed by atoms with E-state index < -0.39 is 17.8 Å². The summed E-state index contributed by atoms with van der Waals surface area (Å²) < 4.78 is 18.7. The van der Waals surface area contributed by atoms with Crippen LogP contribution in [0.25, 0.3) is 11.1 Å². The average Bonchev–Trinajstić information content (AvgIpc) is 2.78. The van der Waals surface area contributed by atoms with Gasteiger partial charge in [0, 0.05) is 0 Å². The normalized spacial score (nSPS) is 12.5. The summed E-state index contributed by atoms with van der Waals surface area (Å²) in [5.41, 5.74) is 0.395. The second-order valence-electron chi connectivity index (χ2n) is 4.28. The predicted molar refractivity (Wildman–Crippen MR) is 68.5 cm³/mol. The molecule has 2 N–H and O–H groups in total. The maximum Gasteiger partial charge on any atom is 0.326 e. The smallest absolute Gasteiger partial charge is 0.326 e. The van der Waals surface area contributed by atoms with Gasteiger partial charge in [0.1, 0.15) is 11.6 Å². The van der Waals surface area contributed by atoms with E-state index in [0.29, 0.717) is 12.0 Å². The Labute approximate surface area is 109 Å². The number of oxazole rings is 1. The second-order valence-corrected chi connectivity index (χ2v) is 4.28. The van der Waals surface area contributed by atoms with Crippen molar-refractivity contribution in [3.63, 3.8) is 0 Å². The summed E-state index contributed by atoms with van der Waals surface area (Å²) in [5, 5.41) is 11.8. The van der Waals surface area contributed by atoms with Crippen LogP contribution in [0.15, 0.2) is 22.6 Å². The van der Waals surface area contributed by atoms with Gasteiger partial charge in [-0.15, -0.1) is 0 Å². The summed E-state index contributed by atoms with van der Waals surface area (Å²) in [7, 11) is 0. The predicted octanol–water partition coefficient (Wildman–Crippen LogP) is 3.02. The van der Waals surface area contributed by atoms with E-state index in [9.17, 15) is 9.18 Å². The molecule has 2 aromatic rings. The molecule has 0 bridgehead atoms. The van der Waals surface area contributed by atoms with Crippen LogP contribution >= 0.6 is 0 Å². The molecule has 0 aliphatic rings. The summed E-state index contributed by atoms with van der Waals surface area (Å²) in [6, 6.07) is 3.62. The van der Waals surface area contributed by atoms with Crippen molar-refractivity contribution in [3.8, 4) is 0 Å². The van der Waals surface area contributed by atoms with Crippen LogP contribution in [0.5, 0.6) is 0 Å². The number of anilines is 1. The largest absolute Gasteiger partial charge is 0.480 e. The molecule has 0 saturated carbocycles. The maximum atomic E-state index is 13.4. The molecule has 5 nitrogen and oxygen atoms in total. The van der Waals surface area contributed by atoms with Crippen LogP contribution < -0.4 is 5.32 Å². The molecule has 1 aromatic carbocycles. The molecule has 0 radical (unpaired) electrons. The molecule has 0 saturated heterocycles.